The van der Waals surface area contributed by atoms with E-state index in [0.717, 1.165) is 10.6 Å². The molecule has 0 bridgehead atoms. The molecule has 0 aromatic carbocycles. The van der Waals surface area contributed by atoms with Crippen molar-refractivity contribution in [2.45, 2.75) is 37.6 Å². The highest BCUT2D eigenvalue weighted by Crippen LogP contribution is 2.30. The van der Waals surface area contributed by atoms with E-state index in [2.05, 4.69) is 0 Å². The van der Waals surface area contributed by atoms with Crippen molar-refractivity contribution in [1.82, 2.24) is 4.57 Å². The lowest BCUT2D eigenvalue weighted by Crippen LogP contribution is -2.37. The molecule has 5 atom stereocenters. The Bertz CT molecular complexity index is 485. The standard InChI is InChI=1S/C11H15NO6/c1-5(13)10-8(16)9(17)11(18-10)12-3-2-6(14)4-7(12)15/h2-5,8-11,13-14,16-17H,1H3/t5-,8+,9-,10-,11-/m1/s1. The molecule has 0 aliphatic carbocycles. The Kier molecular flexibility index (Phi) is 3.40. The Morgan fingerprint density at radius 3 is 2.56 bits per heavy atom. The highest BCUT2D eigenvalue weighted by molar-refractivity contribution is 5.16. The maximum absolute atomic E-state index is 11.6. The minimum absolute atomic E-state index is 0.198. The molecule has 0 radical (unpaired) electrons. The van der Waals surface area contributed by atoms with E-state index in [-0.39, 0.29) is 5.75 Å². The van der Waals surface area contributed by atoms with Gasteiger partial charge in [0, 0.05) is 12.3 Å². The van der Waals surface area contributed by atoms with Gasteiger partial charge in [0.25, 0.3) is 5.56 Å². The quantitative estimate of drug-likeness (QED) is 0.516. The van der Waals surface area contributed by atoms with Crippen molar-refractivity contribution in [3.63, 3.8) is 0 Å². The highest BCUT2D eigenvalue weighted by Gasteiger charge is 2.45. The summed E-state index contributed by atoms with van der Waals surface area (Å²) in [5.41, 5.74) is -0.572. The van der Waals surface area contributed by atoms with Gasteiger partial charge in [-0.15, -0.1) is 0 Å². The normalized spacial score (nSPS) is 33.6. The molecule has 4 N–H and O–H groups in total. The fourth-order valence-corrected chi connectivity index (χ4v) is 2.00. The average Bonchev–Trinajstić information content (AvgIpc) is 2.57. The van der Waals surface area contributed by atoms with E-state index in [4.69, 9.17) is 9.84 Å². The van der Waals surface area contributed by atoms with Gasteiger partial charge in [-0.2, -0.15) is 0 Å². The zero-order valence-corrected chi connectivity index (χ0v) is 9.67. The third kappa shape index (κ3) is 2.13. The number of nitrogens with zero attached hydrogens (tertiary/aromatic N) is 1. The minimum atomic E-state index is -1.33. The molecule has 7 heteroatoms. The second-order valence-corrected chi connectivity index (χ2v) is 4.34. The molecule has 7 nitrogen and oxygen atoms in total. The van der Waals surface area contributed by atoms with Crippen molar-refractivity contribution in [1.29, 1.82) is 0 Å². The lowest BCUT2D eigenvalue weighted by atomic mass is 10.1. The van der Waals surface area contributed by atoms with Crippen molar-refractivity contribution >= 4 is 0 Å². The molecule has 100 valence electrons. The van der Waals surface area contributed by atoms with E-state index in [1.165, 1.54) is 19.2 Å². The Hall–Kier alpha value is -1.41. The summed E-state index contributed by atoms with van der Waals surface area (Å²) in [7, 11) is 0. The summed E-state index contributed by atoms with van der Waals surface area (Å²) in [5, 5.41) is 38.0. The molecule has 1 aromatic heterocycles. The van der Waals surface area contributed by atoms with E-state index in [0.29, 0.717) is 0 Å². The monoisotopic (exact) mass is 257 g/mol. The van der Waals surface area contributed by atoms with Crippen LogP contribution in [-0.4, -0.2) is 49.4 Å². The van der Waals surface area contributed by atoms with E-state index < -0.39 is 36.2 Å². The Balaban J connectivity index is 2.32. The molecule has 1 aliphatic heterocycles. The van der Waals surface area contributed by atoms with E-state index in [1.807, 2.05) is 0 Å². The maximum Gasteiger partial charge on any atom is 0.256 e. The van der Waals surface area contributed by atoms with Crippen molar-refractivity contribution in [3.8, 4) is 5.75 Å². The number of ether oxygens (including phenoxy) is 1. The summed E-state index contributed by atoms with van der Waals surface area (Å²) in [4.78, 5) is 11.6. The zero-order chi connectivity index (χ0) is 13.4. The number of hydrogen-bond donors (Lipinski definition) is 4. The van der Waals surface area contributed by atoms with Crippen LogP contribution in [0.4, 0.5) is 0 Å². The number of rotatable bonds is 2. The molecular formula is C11H15NO6. The fourth-order valence-electron chi connectivity index (χ4n) is 2.00. The first-order valence-corrected chi connectivity index (χ1v) is 5.52. The van der Waals surface area contributed by atoms with Gasteiger partial charge in [-0.25, -0.2) is 0 Å². The van der Waals surface area contributed by atoms with Crippen molar-refractivity contribution < 1.29 is 25.2 Å². The second kappa shape index (κ2) is 4.69. The molecule has 18 heavy (non-hydrogen) atoms. The molecule has 0 amide bonds. The summed E-state index contributed by atoms with van der Waals surface area (Å²) >= 11 is 0. The van der Waals surface area contributed by atoms with Crippen LogP contribution in [0.5, 0.6) is 5.75 Å². The molecule has 1 aromatic rings. The molecule has 1 fully saturated rings. The van der Waals surface area contributed by atoms with Gasteiger partial charge in [-0.1, -0.05) is 0 Å². The summed E-state index contributed by atoms with van der Waals surface area (Å²) in [6.45, 7) is 1.42. The number of hydrogen-bond acceptors (Lipinski definition) is 6. The molecule has 0 unspecified atom stereocenters. The van der Waals surface area contributed by atoms with Crippen LogP contribution in [0, 0.1) is 0 Å². The predicted octanol–water partition coefficient (Wildman–Crippen LogP) is -1.45. The molecule has 1 saturated heterocycles. The van der Waals surface area contributed by atoms with Crippen LogP contribution in [0.1, 0.15) is 13.2 Å². The zero-order valence-electron chi connectivity index (χ0n) is 9.67. The Morgan fingerprint density at radius 2 is 2.06 bits per heavy atom. The molecule has 0 saturated carbocycles. The lowest BCUT2D eigenvalue weighted by molar-refractivity contribution is -0.0800. The second-order valence-electron chi connectivity index (χ2n) is 4.34. The van der Waals surface area contributed by atoms with Gasteiger partial charge < -0.3 is 25.2 Å². The topological polar surface area (TPSA) is 112 Å². The number of aliphatic hydroxyl groups excluding tert-OH is 3. The first-order chi connectivity index (χ1) is 8.41. The Labute approximate surface area is 102 Å². The van der Waals surface area contributed by atoms with Gasteiger partial charge in [0.15, 0.2) is 6.23 Å². The Morgan fingerprint density at radius 1 is 1.39 bits per heavy atom. The van der Waals surface area contributed by atoms with Crippen LogP contribution < -0.4 is 5.56 Å². The third-order valence-corrected chi connectivity index (χ3v) is 2.96. The van der Waals surface area contributed by atoms with Crippen molar-refractivity contribution in [2.75, 3.05) is 0 Å². The lowest BCUT2D eigenvalue weighted by Gasteiger charge is -2.18. The summed E-state index contributed by atoms with van der Waals surface area (Å²) < 4.78 is 6.34. The fraction of sp³-hybridized carbons (Fsp3) is 0.545. The maximum atomic E-state index is 11.6. The first kappa shape index (κ1) is 13.0. The summed E-state index contributed by atoms with van der Waals surface area (Å²) in [5.74, 6) is -0.198. The summed E-state index contributed by atoms with van der Waals surface area (Å²) in [6, 6.07) is 2.23. The average molecular weight is 257 g/mol. The van der Waals surface area contributed by atoms with E-state index >= 15 is 0 Å². The predicted molar refractivity (Wildman–Crippen MR) is 60.0 cm³/mol. The number of aromatic hydroxyl groups is 1. The van der Waals surface area contributed by atoms with E-state index in [1.54, 1.807) is 0 Å². The van der Waals surface area contributed by atoms with Crippen LogP contribution in [0.25, 0.3) is 0 Å². The molecule has 2 heterocycles. The van der Waals surface area contributed by atoms with Gasteiger partial charge in [0.1, 0.15) is 24.1 Å². The molecular weight excluding hydrogens is 242 g/mol. The van der Waals surface area contributed by atoms with Crippen molar-refractivity contribution in [2.24, 2.45) is 0 Å². The van der Waals surface area contributed by atoms with Crippen molar-refractivity contribution in [3.05, 3.63) is 28.7 Å². The minimum Gasteiger partial charge on any atom is -0.508 e. The smallest absolute Gasteiger partial charge is 0.256 e. The third-order valence-electron chi connectivity index (χ3n) is 2.96. The molecule has 0 spiro atoms. The van der Waals surface area contributed by atoms with Crippen LogP contribution >= 0.6 is 0 Å². The van der Waals surface area contributed by atoms with Crippen LogP contribution in [-0.2, 0) is 4.74 Å². The summed E-state index contributed by atoms with van der Waals surface area (Å²) in [6.07, 6.45) is -4.39. The van der Waals surface area contributed by atoms with Gasteiger partial charge in [0.05, 0.1) is 6.10 Å². The number of pyridine rings is 1. The number of aromatic nitrogens is 1. The van der Waals surface area contributed by atoms with Crippen LogP contribution in [0.15, 0.2) is 23.1 Å². The van der Waals surface area contributed by atoms with Gasteiger partial charge in [0.2, 0.25) is 0 Å². The van der Waals surface area contributed by atoms with Crippen LogP contribution in [0.3, 0.4) is 0 Å². The molecule has 2 rings (SSSR count). The number of aliphatic hydroxyl groups is 3. The first-order valence-electron chi connectivity index (χ1n) is 5.52. The molecule has 1 aliphatic rings. The highest BCUT2D eigenvalue weighted by atomic mass is 16.6. The largest absolute Gasteiger partial charge is 0.508 e. The van der Waals surface area contributed by atoms with Crippen LogP contribution in [0.2, 0.25) is 0 Å². The van der Waals surface area contributed by atoms with Gasteiger partial charge in [-0.05, 0) is 13.0 Å². The SMILES string of the molecule is C[C@@H](O)[C@H]1O[C@@H](n2ccc(O)cc2=O)[C@H](O)[C@@H]1O. The van der Waals surface area contributed by atoms with Gasteiger partial charge in [-0.3, -0.25) is 9.36 Å². The van der Waals surface area contributed by atoms with E-state index in [9.17, 15) is 20.1 Å². The van der Waals surface area contributed by atoms with Gasteiger partial charge >= 0.3 is 0 Å².